The highest BCUT2D eigenvalue weighted by molar-refractivity contribution is 6.03. The number of nitrogens with one attached hydrogen (secondary N) is 1. The lowest BCUT2D eigenvalue weighted by Crippen LogP contribution is -2.49. The molecule has 1 spiro atoms. The van der Waals surface area contributed by atoms with Crippen LogP contribution in [0.4, 0.5) is 5.69 Å². The van der Waals surface area contributed by atoms with Gasteiger partial charge in [0.05, 0.1) is 22.6 Å². The number of aromatic nitrogens is 2. The van der Waals surface area contributed by atoms with Gasteiger partial charge in [0.2, 0.25) is 5.91 Å². The molecule has 0 bridgehead atoms. The van der Waals surface area contributed by atoms with E-state index in [0.29, 0.717) is 22.2 Å². The topological polar surface area (TPSA) is 120 Å². The summed E-state index contributed by atoms with van der Waals surface area (Å²) >= 11 is 0. The molecule has 0 aliphatic carbocycles. The molecule has 3 aliphatic rings. The van der Waals surface area contributed by atoms with Crippen molar-refractivity contribution in [3.63, 3.8) is 0 Å². The van der Waals surface area contributed by atoms with Crippen LogP contribution in [0.5, 0.6) is 0 Å². The Hall–Kier alpha value is -4.05. The number of hydrogen-bond acceptors (Lipinski definition) is 8. The molecule has 2 aromatic carbocycles. The third-order valence-corrected chi connectivity index (χ3v) is 7.69. The van der Waals surface area contributed by atoms with E-state index in [1.165, 1.54) is 11.5 Å². The number of ether oxygens (including phenoxy) is 2. The van der Waals surface area contributed by atoms with E-state index in [1.54, 1.807) is 36.1 Å². The Morgan fingerprint density at radius 3 is 2.58 bits per heavy atom. The molecular weight excluding hydrogens is 488 g/mol. The summed E-state index contributed by atoms with van der Waals surface area (Å²) in [6.07, 6.45) is -1.39. The van der Waals surface area contributed by atoms with Crippen LogP contribution in [0, 0.1) is 5.92 Å². The van der Waals surface area contributed by atoms with E-state index in [2.05, 4.69) is 5.32 Å². The third-order valence-electron chi connectivity index (χ3n) is 7.69. The summed E-state index contributed by atoms with van der Waals surface area (Å²) in [4.78, 5) is 59.1. The van der Waals surface area contributed by atoms with Crippen LogP contribution in [0.15, 0.2) is 53.3 Å². The molecule has 0 saturated carbocycles. The molecule has 196 valence electrons. The molecule has 0 radical (unpaired) electrons. The van der Waals surface area contributed by atoms with Crippen molar-refractivity contribution in [2.45, 2.75) is 64.1 Å². The molecule has 38 heavy (non-hydrogen) atoms. The van der Waals surface area contributed by atoms with Gasteiger partial charge in [-0.05, 0) is 31.0 Å². The minimum Gasteiger partial charge on any atom is -0.454 e. The van der Waals surface area contributed by atoms with Crippen molar-refractivity contribution in [1.29, 1.82) is 0 Å². The van der Waals surface area contributed by atoms with E-state index in [4.69, 9.17) is 14.5 Å². The first-order valence-electron chi connectivity index (χ1n) is 12.7. The summed E-state index contributed by atoms with van der Waals surface area (Å²) < 4.78 is 13.1. The predicted molar refractivity (Wildman–Crippen MR) is 137 cm³/mol. The second-order valence-corrected chi connectivity index (χ2v) is 10.5. The van der Waals surface area contributed by atoms with Crippen LogP contribution in [0.2, 0.25) is 0 Å². The lowest BCUT2D eigenvalue weighted by atomic mass is 9.88. The highest BCUT2D eigenvalue weighted by atomic mass is 16.6. The Kier molecular flexibility index (Phi) is 5.43. The Bertz CT molecular complexity index is 1560. The van der Waals surface area contributed by atoms with Crippen molar-refractivity contribution in [3.05, 3.63) is 70.3 Å². The summed E-state index contributed by atoms with van der Waals surface area (Å²) in [6, 6.07) is 12.7. The maximum atomic E-state index is 14.0. The van der Waals surface area contributed by atoms with E-state index in [-0.39, 0.29) is 24.1 Å². The maximum absolute atomic E-state index is 14.0. The molecule has 1 N–H and O–H groups in total. The first-order chi connectivity index (χ1) is 18.1. The molecule has 3 aliphatic heterocycles. The van der Waals surface area contributed by atoms with Gasteiger partial charge in [0.15, 0.2) is 17.5 Å². The Morgan fingerprint density at radius 1 is 1.13 bits per heavy atom. The van der Waals surface area contributed by atoms with E-state index >= 15 is 0 Å². The summed E-state index contributed by atoms with van der Waals surface area (Å²) in [5.74, 6) is -1.29. The van der Waals surface area contributed by atoms with Crippen LogP contribution in [0.25, 0.3) is 10.9 Å². The van der Waals surface area contributed by atoms with Crippen LogP contribution in [-0.2, 0) is 29.5 Å². The smallest absolute Gasteiger partial charge is 0.330 e. The second kappa shape index (κ2) is 8.49. The van der Waals surface area contributed by atoms with Gasteiger partial charge >= 0.3 is 11.9 Å². The number of anilines is 1. The lowest BCUT2D eigenvalue weighted by Gasteiger charge is -2.30. The van der Waals surface area contributed by atoms with Crippen LogP contribution < -0.4 is 15.8 Å². The third kappa shape index (κ3) is 3.32. The van der Waals surface area contributed by atoms with Crippen LogP contribution in [0.3, 0.4) is 0 Å². The molecule has 2 fully saturated rings. The lowest BCUT2D eigenvalue weighted by molar-refractivity contribution is -0.152. The number of carbonyl (C=O) groups is 3. The zero-order valence-electron chi connectivity index (χ0n) is 21.5. The van der Waals surface area contributed by atoms with Crippen molar-refractivity contribution < 1.29 is 23.9 Å². The standard InChI is InChI=1S/C28H28N4O6/c1-14(2)22(37-16(4)33)23-30-19-11-7-5-9-17(19)25(35)31(23)21-13-28(38-26(21)36)18-10-6-8-12-20(18)32-24(34)15(3)29-27(28)32/h5-12,14-15,21-22,27,29H,13H2,1-4H3/t15-,21+,22?,27+,28-/m0/s1. The number of hydrogen-bond donors (Lipinski definition) is 1. The second-order valence-electron chi connectivity index (χ2n) is 10.5. The Morgan fingerprint density at radius 2 is 1.84 bits per heavy atom. The minimum atomic E-state index is -1.20. The van der Waals surface area contributed by atoms with Gasteiger partial charge < -0.3 is 9.47 Å². The first-order valence-corrected chi connectivity index (χ1v) is 12.7. The number of amides is 1. The van der Waals surface area contributed by atoms with Gasteiger partial charge in [0, 0.05) is 18.9 Å². The molecule has 4 heterocycles. The van der Waals surface area contributed by atoms with Gasteiger partial charge in [-0.1, -0.05) is 44.2 Å². The highest BCUT2D eigenvalue weighted by Gasteiger charge is 2.64. The highest BCUT2D eigenvalue weighted by Crippen LogP contribution is 2.55. The van der Waals surface area contributed by atoms with Gasteiger partial charge in [-0.2, -0.15) is 0 Å². The normalized spacial score (nSPS) is 26.7. The molecule has 1 unspecified atom stereocenters. The number of rotatable bonds is 4. The molecule has 3 aromatic rings. The minimum absolute atomic E-state index is 0.0921. The van der Waals surface area contributed by atoms with Crippen molar-refractivity contribution in [3.8, 4) is 0 Å². The molecule has 1 amide bonds. The van der Waals surface area contributed by atoms with Crippen LogP contribution in [0.1, 0.15) is 57.6 Å². The van der Waals surface area contributed by atoms with Gasteiger partial charge in [0.1, 0.15) is 12.2 Å². The maximum Gasteiger partial charge on any atom is 0.330 e. The average Bonchev–Trinajstić information content (AvgIpc) is 3.47. The molecular formula is C28H28N4O6. The van der Waals surface area contributed by atoms with E-state index in [1.807, 2.05) is 38.1 Å². The summed E-state index contributed by atoms with van der Waals surface area (Å²) in [5, 5.41) is 3.63. The summed E-state index contributed by atoms with van der Waals surface area (Å²) in [7, 11) is 0. The Balaban J connectivity index is 1.55. The Labute approximate surface area is 218 Å². The van der Waals surface area contributed by atoms with Crippen molar-refractivity contribution >= 4 is 34.4 Å². The van der Waals surface area contributed by atoms with Crippen molar-refractivity contribution in [2.24, 2.45) is 5.92 Å². The fraction of sp³-hybridized carbons (Fsp3) is 0.393. The number of esters is 2. The number of carbonyl (C=O) groups excluding carboxylic acids is 3. The number of para-hydroxylation sites is 2. The average molecular weight is 517 g/mol. The predicted octanol–water partition coefficient (Wildman–Crippen LogP) is 2.70. The number of fused-ring (bicyclic) bond motifs is 6. The van der Waals surface area contributed by atoms with E-state index in [9.17, 15) is 19.2 Å². The van der Waals surface area contributed by atoms with E-state index in [0.717, 1.165) is 0 Å². The van der Waals surface area contributed by atoms with Crippen molar-refractivity contribution in [1.82, 2.24) is 14.9 Å². The fourth-order valence-electron chi connectivity index (χ4n) is 6.03. The largest absolute Gasteiger partial charge is 0.454 e. The molecule has 10 heteroatoms. The van der Waals surface area contributed by atoms with Gasteiger partial charge in [-0.25, -0.2) is 9.78 Å². The zero-order valence-corrected chi connectivity index (χ0v) is 21.5. The SMILES string of the molecule is CC(=O)OC(c1nc2ccccc2c(=O)n1[C@@H]1C[C@]2(OC1=O)c1ccccc1N1C(=O)[C@H](C)N[C@H]12)C(C)C. The molecule has 1 aromatic heterocycles. The van der Waals surface area contributed by atoms with Gasteiger partial charge in [-0.3, -0.25) is 29.2 Å². The van der Waals surface area contributed by atoms with Crippen molar-refractivity contribution in [2.75, 3.05) is 4.90 Å². The monoisotopic (exact) mass is 516 g/mol. The quantitative estimate of drug-likeness (QED) is 0.526. The summed E-state index contributed by atoms with van der Waals surface area (Å²) in [5.41, 5.74) is 0.205. The molecule has 10 nitrogen and oxygen atoms in total. The van der Waals surface area contributed by atoms with Crippen LogP contribution in [-0.4, -0.2) is 39.6 Å². The molecule has 6 rings (SSSR count). The first kappa shape index (κ1) is 24.3. The molecule has 2 saturated heterocycles. The number of benzene rings is 2. The van der Waals surface area contributed by atoms with Gasteiger partial charge in [0.25, 0.3) is 5.56 Å². The van der Waals surface area contributed by atoms with Gasteiger partial charge in [-0.15, -0.1) is 0 Å². The fourth-order valence-corrected chi connectivity index (χ4v) is 6.03. The van der Waals surface area contributed by atoms with Crippen LogP contribution >= 0.6 is 0 Å². The zero-order chi connectivity index (χ0) is 26.9. The molecule has 5 atom stereocenters. The summed E-state index contributed by atoms with van der Waals surface area (Å²) in [6.45, 7) is 6.78. The van der Waals surface area contributed by atoms with E-state index < -0.39 is 47.5 Å². The number of nitrogens with zero attached hydrogens (tertiary/aromatic N) is 3.